The van der Waals surface area contributed by atoms with E-state index in [-0.39, 0.29) is 19.1 Å². The highest BCUT2D eigenvalue weighted by atomic mass is 19.3. The lowest BCUT2D eigenvalue weighted by Gasteiger charge is -2.38. The summed E-state index contributed by atoms with van der Waals surface area (Å²) in [5, 5.41) is 5.38. The van der Waals surface area contributed by atoms with Gasteiger partial charge in [-0.1, -0.05) is 26.0 Å². The van der Waals surface area contributed by atoms with Crippen molar-refractivity contribution in [2.24, 2.45) is 0 Å². The van der Waals surface area contributed by atoms with Crippen LogP contribution in [0.25, 0.3) is 0 Å². The molecule has 2 rings (SSSR count). The van der Waals surface area contributed by atoms with Crippen LogP contribution in [0.2, 0.25) is 0 Å². The van der Waals surface area contributed by atoms with E-state index in [9.17, 15) is 13.6 Å². The van der Waals surface area contributed by atoms with Crippen LogP contribution in [0.1, 0.15) is 25.3 Å². The van der Waals surface area contributed by atoms with Gasteiger partial charge in [0.15, 0.2) is 0 Å². The quantitative estimate of drug-likeness (QED) is 0.877. The van der Waals surface area contributed by atoms with Crippen molar-refractivity contribution >= 4 is 11.7 Å². The van der Waals surface area contributed by atoms with Crippen LogP contribution in [0.4, 0.5) is 19.3 Å². The predicted molar refractivity (Wildman–Crippen MR) is 78.9 cm³/mol. The Morgan fingerprint density at radius 3 is 2.43 bits per heavy atom. The van der Waals surface area contributed by atoms with Gasteiger partial charge in [-0.2, -0.15) is 0 Å². The van der Waals surface area contributed by atoms with E-state index in [2.05, 4.69) is 24.5 Å². The van der Waals surface area contributed by atoms with Gasteiger partial charge in [0.2, 0.25) is 0 Å². The van der Waals surface area contributed by atoms with Crippen molar-refractivity contribution < 1.29 is 13.6 Å². The number of nitrogens with zero attached hydrogens (tertiary/aromatic N) is 1. The molecule has 21 heavy (non-hydrogen) atoms. The number of halogens is 2. The number of carbonyl (C=O) groups is 1. The summed E-state index contributed by atoms with van der Waals surface area (Å²) in [6.07, 6.45) is 0. The maximum Gasteiger partial charge on any atom is 0.319 e. The van der Waals surface area contributed by atoms with E-state index in [1.807, 2.05) is 24.3 Å². The van der Waals surface area contributed by atoms with Gasteiger partial charge < -0.3 is 10.6 Å². The van der Waals surface area contributed by atoms with E-state index < -0.39 is 5.92 Å². The number of hydrogen-bond donors (Lipinski definition) is 2. The van der Waals surface area contributed by atoms with E-state index in [0.29, 0.717) is 24.7 Å². The molecule has 0 saturated carbocycles. The van der Waals surface area contributed by atoms with Crippen molar-refractivity contribution in [3.05, 3.63) is 29.8 Å². The minimum absolute atomic E-state index is 0.215. The number of hydrogen-bond acceptors (Lipinski definition) is 2. The number of nitrogens with one attached hydrogen (secondary N) is 2. The van der Waals surface area contributed by atoms with E-state index in [1.165, 1.54) is 5.56 Å². The van der Waals surface area contributed by atoms with Crippen LogP contribution in [0, 0.1) is 0 Å². The van der Waals surface area contributed by atoms with E-state index in [1.54, 1.807) is 4.90 Å². The molecule has 0 spiro atoms. The second-order valence-electron chi connectivity index (χ2n) is 5.72. The van der Waals surface area contributed by atoms with Gasteiger partial charge in [0.1, 0.15) is 0 Å². The fourth-order valence-electron chi connectivity index (χ4n) is 2.22. The van der Waals surface area contributed by atoms with Crippen molar-refractivity contribution in [2.45, 2.75) is 25.7 Å². The molecule has 116 valence electrons. The predicted octanol–water partition coefficient (Wildman–Crippen LogP) is 2.88. The molecule has 0 aliphatic carbocycles. The monoisotopic (exact) mass is 297 g/mol. The Balaban J connectivity index is 1.67. The molecule has 1 aliphatic heterocycles. The third-order valence-electron chi connectivity index (χ3n) is 3.46. The SMILES string of the molecule is CC(C)c1ccc(NC(=O)NCCN2CC(F)(F)C2)cc1. The third-order valence-corrected chi connectivity index (χ3v) is 3.46. The topological polar surface area (TPSA) is 44.4 Å². The summed E-state index contributed by atoms with van der Waals surface area (Å²) in [4.78, 5) is 13.3. The van der Waals surface area contributed by atoms with Crippen LogP contribution in [0.5, 0.6) is 0 Å². The van der Waals surface area contributed by atoms with Gasteiger partial charge in [0, 0.05) is 18.8 Å². The van der Waals surface area contributed by atoms with Crippen LogP contribution in [-0.2, 0) is 0 Å². The first-order valence-corrected chi connectivity index (χ1v) is 7.11. The van der Waals surface area contributed by atoms with Crippen molar-refractivity contribution in [2.75, 3.05) is 31.5 Å². The Morgan fingerprint density at radius 2 is 1.90 bits per heavy atom. The van der Waals surface area contributed by atoms with Crippen molar-refractivity contribution in [3.8, 4) is 0 Å². The first-order valence-electron chi connectivity index (χ1n) is 7.11. The van der Waals surface area contributed by atoms with E-state index >= 15 is 0 Å². The van der Waals surface area contributed by atoms with Crippen LogP contribution >= 0.6 is 0 Å². The van der Waals surface area contributed by atoms with Crippen LogP contribution in [-0.4, -0.2) is 43.0 Å². The molecule has 1 saturated heterocycles. The zero-order valence-corrected chi connectivity index (χ0v) is 12.3. The normalized spacial score (nSPS) is 17.4. The van der Waals surface area contributed by atoms with Crippen molar-refractivity contribution in [1.29, 1.82) is 0 Å². The molecular formula is C15H21F2N3O. The second-order valence-corrected chi connectivity index (χ2v) is 5.72. The van der Waals surface area contributed by atoms with Gasteiger partial charge in [-0.3, -0.25) is 4.90 Å². The number of alkyl halides is 2. The Hall–Kier alpha value is -1.69. The van der Waals surface area contributed by atoms with Gasteiger partial charge in [-0.15, -0.1) is 0 Å². The molecule has 6 heteroatoms. The first kappa shape index (κ1) is 15.7. The highest BCUT2D eigenvalue weighted by Crippen LogP contribution is 2.25. The molecule has 2 N–H and O–H groups in total. The Morgan fingerprint density at radius 1 is 1.29 bits per heavy atom. The molecule has 0 bridgehead atoms. The molecule has 1 aromatic rings. The summed E-state index contributed by atoms with van der Waals surface area (Å²) in [5.74, 6) is -2.11. The molecular weight excluding hydrogens is 276 g/mol. The maximum absolute atomic E-state index is 12.6. The summed E-state index contributed by atoms with van der Waals surface area (Å²) in [5.41, 5.74) is 1.92. The molecule has 0 radical (unpaired) electrons. The minimum atomic E-state index is -2.56. The minimum Gasteiger partial charge on any atom is -0.337 e. The Kier molecular flexibility index (Phi) is 4.77. The van der Waals surface area contributed by atoms with E-state index in [0.717, 1.165) is 0 Å². The highest BCUT2D eigenvalue weighted by Gasteiger charge is 2.43. The number of urea groups is 1. The lowest BCUT2D eigenvalue weighted by molar-refractivity contribution is -0.129. The first-order chi connectivity index (χ1) is 9.85. The number of amides is 2. The molecule has 1 fully saturated rings. The average molecular weight is 297 g/mol. The van der Waals surface area contributed by atoms with Gasteiger partial charge in [-0.25, -0.2) is 13.6 Å². The number of rotatable bonds is 5. The summed E-state index contributed by atoms with van der Waals surface area (Å²) >= 11 is 0. The summed E-state index contributed by atoms with van der Waals surface area (Å²) in [6, 6.07) is 7.33. The molecule has 2 amide bonds. The largest absolute Gasteiger partial charge is 0.337 e. The Bertz CT molecular complexity index is 480. The fraction of sp³-hybridized carbons (Fsp3) is 0.533. The fourth-order valence-corrected chi connectivity index (χ4v) is 2.22. The van der Waals surface area contributed by atoms with Gasteiger partial charge in [0.05, 0.1) is 13.1 Å². The summed E-state index contributed by atoms with van der Waals surface area (Å²) < 4.78 is 25.2. The highest BCUT2D eigenvalue weighted by molar-refractivity contribution is 5.89. The number of anilines is 1. The van der Waals surface area contributed by atoms with Crippen LogP contribution in [0.3, 0.4) is 0 Å². The van der Waals surface area contributed by atoms with Gasteiger partial charge in [0.25, 0.3) is 5.92 Å². The molecule has 4 nitrogen and oxygen atoms in total. The van der Waals surface area contributed by atoms with Gasteiger partial charge in [-0.05, 0) is 23.6 Å². The van der Waals surface area contributed by atoms with Gasteiger partial charge >= 0.3 is 6.03 Å². The van der Waals surface area contributed by atoms with Crippen LogP contribution in [0.15, 0.2) is 24.3 Å². The third kappa shape index (κ3) is 4.67. The molecule has 1 aromatic carbocycles. The number of benzene rings is 1. The zero-order chi connectivity index (χ0) is 15.5. The second kappa shape index (κ2) is 6.39. The summed E-state index contributed by atoms with van der Waals surface area (Å²) in [7, 11) is 0. The molecule has 0 unspecified atom stereocenters. The lowest BCUT2D eigenvalue weighted by Crippen LogP contribution is -2.57. The molecule has 0 aromatic heterocycles. The summed E-state index contributed by atoms with van der Waals surface area (Å²) in [6.45, 7) is 4.57. The van der Waals surface area contributed by atoms with E-state index in [4.69, 9.17) is 0 Å². The standard InChI is InChI=1S/C15H21F2N3O/c1-11(2)12-3-5-13(6-4-12)19-14(21)18-7-8-20-9-15(16,17)10-20/h3-6,11H,7-10H2,1-2H3,(H2,18,19,21). The number of likely N-dealkylation sites (tertiary alicyclic amines) is 1. The lowest BCUT2D eigenvalue weighted by atomic mass is 10.0. The van der Waals surface area contributed by atoms with Crippen LogP contribution < -0.4 is 10.6 Å². The maximum atomic E-state index is 12.6. The zero-order valence-electron chi connectivity index (χ0n) is 12.3. The number of carbonyl (C=O) groups excluding carboxylic acids is 1. The van der Waals surface area contributed by atoms with Crippen molar-refractivity contribution in [3.63, 3.8) is 0 Å². The molecule has 1 heterocycles. The molecule has 1 aliphatic rings. The average Bonchev–Trinajstić information content (AvgIpc) is 2.37. The smallest absolute Gasteiger partial charge is 0.319 e. The molecule has 0 atom stereocenters. The van der Waals surface area contributed by atoms with Crippen molar-refractivity contribution in [1.82, 2.24) is 10.2 Å². The Labute approximate surface area is 123 Å².